The summed E-state index contributed by atoms with van der Waals surface area (Å²) in [5, 5.41) is 5.85. The number of carbonyl (C=O) groups is 2. The Kier molecular flexibility index (Phi) is 5.86. The Morgan fingerprint density at radius 1 is 1.22 bits per heavy atom. The van der Waals surface area contributed by atoms with Gasteiger partial charge in [-0.3, -0.25) is 14.5 Å². The van der Waals surface area contributed by atoms with Crippen molar-refractivity contribution in [3.05, 3.63) is 58.8 Å². The van der Waals surface area contributed by atoms with E-state index in [1.165, 1.54) is 0 Å². The number of aryl methyl sites for hydroxylation is 2. The number of nitrogens with one attached hydrogen (secondary N) is 2. The third-order valence-corrected chi connectivity index (χ3v) is 4.61. The lowest BCUT2D eigenvalue weighted by atomic mass is 10.1. The maximum absolute atomic E-state index is 12.6. The number of pyridine rings is 1. The van der Waals surface area contributed by atoms with E-state index in [9.17, 15) is 9.59 Å². The molecule has 142 valence electrons. The topological polar surface area (TPSA) is 74.3 Å². The standard InChI is InChI=1S/C21H26N4O2/c1-14-9-15(2)22-20(10-14)24-21(27)18-6-4-5-17(11-18)12-25-8-7-19(13-25)23-16(3)26/h4-6,9-11,19H,7-8,12-13H2,1-3H3,(H,23,26)(H,22,24,27). The summed E-state index contributed by atoms with van der Waals surface area (Å²) in [6.07, 6.45) is 0.956. The van der Waals surface area contributed by atoms with Gasteiger partial charge in [-0.2, -0.15) is 0 Å². The highest BCUT2D eigenvalue weighted by molar-refractivity contribution is 6.03. The van der Waals surface area contributed by atoms with Crippen molar-refractivity contribution in [1.82, 2.24) is 15.2 Å². The van der Waals surface area contributed by atoms with Crippen molar-refractivity contribution in [2.24, 2.45) is 0 Å². The second kappa shape index (κ2) is 8.31. The molecule has 1 aromatic heterocycles. The number of carbonyl (C=O) groups excluding carboxylic acids is 2. The number of nitrogens with zero attached hydrogens (tertiary/aromatic N) is 2. The van der Waals surface area contributed by atoms with Crippen LogP contribution in [0.1, 0.15) is 40.5 Å². The van der Waals surface area contributed by atoms with Crippen molar-refractivity contribution >= 4 is 17.6 Å². The van der Waals surface area contributed by atoms with Gasteiger partial charge in [-0.1, -0.05) is 12.1 Å². The molecule has 0 spiro atoms. The van der Waals surface area contributed by atoms with Crippen molar-refractivity contribution in [3.63, 3.8) is 0 Å². The maximum atomic E-state index is 12.6. The molecule has 0 bridgehead atoms. The molecule has 27 heavy (non-hydrogen) atoms. The largest absolute Gasteiger partial charge is 0.352 e. The van der Waals surface area contributed by atoms with Gasteiger partial charge in [0.1, 0.15) is 5.82 Å². The summed E-state index contributed by atoms with van der Waals surface area (Å²) in [5.41, 5.74) is 3.64. The minimum absolute atomic E-state index is 0.0144. The van der Waals surface area contributed by atoms with Crippen molar-refractivity contribution in [2.75, 3.05) is 18.4 Å². The summed E-state index contributed by atoms with van der Waals surface area (Å²) in [4.78, 5) is 30.4. The Morgan fingerprint density at radius 2 is 2.04 bits per heavy atom. The number of aromatic nitrogens is 1. The van der Waals surface area contributed by atoms with Gasteiger partial charge in [0, 0.05) is 43.9 Å². The highest BCUT2D eigenvalue weighted by atomic mass is 16.2. The zero-order valence-corrected chi connectivity index (χ0v) is 16.1. The van der Waals surface area contributed by atoms with E-state index in [-0.39, 0.29) is 17.9 Å². The van der Waals surface area contributed by atoms with Gasteiger partial charge in [-0.05, 0) is 55.7 Å². The lowest BCUT2D eigenvalue weighted by Crippen LogP contribution is -2.35. The van der Waals surface area contributed by atoms with E-state index in [0.29, 0.717) is 11.4 Å². The third-order valence-electron chi connectivity index (χ3n) is 4.61. The molecule has 2 aromatic rings. The molecule has 1 aliphatic rings. The van der Waals surface area contributed by atoms with E-state index in [1.54, 1.807) is 6.92 Å². The average Bonchev–Trinajstić information content (AvgIpc) is 3.00. The molecule has 2 amide bonds. The van der Waals surface area contributed by atoms with Crippen LogP contribution in [0, 0.1) is 13.8 Å². The molecule has 1 unspecified atom stereocenters. The van der Waals surface area contributed by atoms with Gasteiger partial charge < -0.3 is 10.6 Å². The van der Waals surface area contributed by atoms with Crippen LogP contribution < -0.4 is 10.6 Å². The monoisotopic (exact) mass is 366 g/mol. The minimum atomic E-state index is -0.160. The number of hydrogen-bond acceptors (Lipinski definition) is 4. The fourth-order valence-electron chi connectivity index (χ4n) is 3.54. The van der Waals surface area contributed by atoms with Gasteiger partial charge in [-0.25, -0.2) is 4.98 Å². The average molecular weight is 366 g/mol. The van der Waals surface area contributed by atoms with Crippen LogP contribution in [-0.2, 0) is 11.3 Å². The molecule has 1 aliphatic heterocycles. The number of anilines is 1. The van der Waals surface area contributed by atoms with Crippen LogP contribution in [0.4, 0.5) is 5.82 Å². The van der Waals surface area contributed by atoms with Crippen molar-refractivity contribution in [1.29, 1.82) is 0 Å². The van der Waals surface area contributed by atoms with Crippen LogP contribution in [-0.4, -0.2) is 40.8 Å². The van der Waals surface area contributed by atoms with Gasteiger partial charge >= 0.3 is 0 Å². The molecule has 2 N–H and O–H groups in total. The van der Waals surface area contributed by atoms with Crippen LogP contribution in [0.3, 0.4) is 0 Å². The van der Waals surface area contributed by atoms with E-state index in [0.717, 1.165) is 42.9 Å². The van der Waals surface area contributed by atoms with Gasteiger partial charge in [0.25, 0.3) is 5.91 Å². The van der Waals surface area contributed by atoms with Crippen LogP contribution in [0.25, 0.3) is 0 Å². The first-order valence-corrected chi connectivity index (χ1v) is 9.24. The fraction of sp³-hybridized carbons (Fsp3) is 0.381. The van der Waals surface area contributed by atoms with Crippen molar-refractivity contribution in [2.45, 2.75) is 39.8 Å². The van der Waals surface area contributed by atoms with Crippen LogP contribution in [0.2, 0.25) is 0 Å². The summed E-state index contributed by atoms with van der Waals surface area (Å²) in [5.74, 6) is 0.424. The predicted molar refractivity (Wildman–Crippen MR) is 106 cm³/mol. The highest BCUT2D eigenvalue weighted by Gasteiger charge is 2.23. The smallest absolute Gasteiger partial charge is 0.256 e. The van der Waals surface area contributed by atoms with Gasteiger partial charge in [-0.15, -0.1) is 0 Å². The summed E-state index contributed by atoms with van der Waals surface area (Å²) < 4.78 is 0. The van der Waals surface area contributed by atoms with Gasteiger partial charge in [0.05, 0.1) is 0 Å². The summed E-state index contributed by atoms with van der Waals surface area (Å²) >= 11 is 0. The maximum Gasteiger partial charge on any atom is 0.256 e. The number of amides is 2. The molecular weight excluding hydrogens is 340 g/mol. The lowest BCUT2D eigenvalue weighted by Gasteiger charge is -2.17. The molecule has 1 saturated heterocycles. The molecular formula is C21H26N4O2. The first kappa shape index (κ1) is 19.0. The predicted octanol–water partition coefficient (Wildman–Crippen LogP) is 2.66. The first-order valence-electron chi connectivity index (χ1n) is 9.24. The van der Waals surface area contributed by atoms with Crippen molar-refractivity contribution < 1.29 is 9.59 Å². The molecule has 0 radical (unpaired) electrons. The fourth-order valence-corrected chi connectivity index (χ4v) is 3.54. The van der Waals surface area contributed by atoms with Gasteiger partial charge in [0.15, 0.2) is 0 Å². The minimum Gasteiger partial charge on any atom is -0.352 e. The Balaban J connectivity index is 1.63. The third kappa shape index (κ3) is 5.37. The highest BCUT2D eigenvalue weighted by Crippen LogP contribution is 2.16. The molecule has 1 fully saturated rings. The Bertz CT molecular complexity index is 830. The molecule has 6 heteroatoms. The molecule has 1 aromatic carbocycles. The SMILES string of the molecule is CC(=O)NC1CCN(Cc2cccc(C(=O)Nc3cc(C)cc(C)n3)c2)C1. The lowest BCUT2D eigenvalue weighted by molar-refractivity contribution is -0.119. The number of hydrogen-bond donors (Lipinski definition) is 2. The van der Waals surface area contributed by atoms with E-state index >= 15 is 0 Å². The second-order valence-electron chi connectivity index (χ2n) is 7.25. The first-order chi connectivity index (χ1) is 12.9. The van der Waals surface area contributed by atoms with E-state index in [2.05, 4.69) is 20.5 Å². The van der Waals surface area contributed by atoms with Crippen LogP contribution >= 0.6 is 0 Å². The molecule has 1 atom stereocenters. The Labute approximate surface area is 160 Å². The van der Waals surface area contributed by atoms with Gasteiger partial charge in [0.2, 0.25) is 5.91 Å². The normalized spacial score (nSPS) is 16.9. The zero-order valence-electron chi connectivity index (χ0n) is 16.1. The quantitative estimate of drug-likeness (QED) is 0.853. The van der Waals surface area contributed by atoms with Crippen molar-refractivity contribution in [3.8, 4) is 0 Å². The van der Waals surface area contributed by atoms with Crippen LogP contribution in [0.15, 0.2) is 36.4 Å². The van der Waals surface area contributed by atoms with E-state index in [4.69, 9.17) is 0 Å². The van der Waals surface area contributed by atoms with Crippen LogP contribution in [0.5, 0.6) is 0 Å². The second-order valence-corrected chi connectivity index (χ2v) is 7.25. The Hall–Kier alpha value is -2.73. The molecule has 2 heterocycles. The van der Waals surface area contributed by atoms with E-state index in [1.807, 2.05) is 50.2 Å². The van der Waals surface area contributed by atoms with E-state index < -0.39 is 0 Å². The summed E-state index contributed by atoms with van der Waals surface area (Å²) in [7, 11) is 0. The molecule has 6 nitrogen and oxygen atoms in total. The molecule has 3 rings (SSSR count). The Morgan fingerprint density at radius 3 is 2.78 bits per heavy atom. The molecule has 0 saturated carbocycles. The molecule has 0 aliphatic carbocycles. The summed E-state index contributed by atoms with van der Waals surface area (Å²) in [6, 6.07) is 11.7. The number of benzene rings is 1. The number of likely N-dealkylation sites (tertiary alicyclic amines) is 1. The zero-order chi connectivity index (χ0) is 19.4. The number of rotatable bonds is 5. The summed E-state index contributed by atoms with van der Waals surface area (Å²) in [6.45, 7) is 7.98.